The van der Waals surface area contributed by atoms with Gasteiger partial charge in [0.25, 0.3) is 0 Å². The van der Waals surface area contributed by atoms with Crippen LogP contribution in [0.15, 0.2) is 48.8 Å². The Hall–Kier alpha value is -2.51. The number of likely N-dealkylation sites (tertiary alicyclic amines) is 1. The van der Waals surface area contributed by atoms with Gasteiger partial charge in [0, 0.05) is 51.4 Å². The molecule has 1 aliphatic rings. The van der Waals surface area contributed by atoms with E-state index in [0.717, 1.165) is 12.1 Å². The molecule has 1 aromatic heterocycles. The van der Waals surface area contributed by atoms with Gasteiger partial charge in [0.1, 0.15) is 11.4 Å². The van der Waals surface area contributed by atoms with Crippen LogP contribution in [0, 0.1) is 5.82 Å². The number of benzene rings is 1. The van der Waals surface area contributed by atoms with Crippen molar-refractivity contribution in [2.45, 2.75) is 18.5 Å². The van der Waals surface area contributed by atoms with Gasteiger partial charge in [-0.05, 0) is 36.2 Å². The molecule has 2 aromatic rings. The third-order valence-corrected chi connectivity index (χ3v) is 4.71. The zero-order chi connectivity index (χ0) is 19.1. The molecule has 1 aliphatic heterocycles. The van der Waals surface area contributed by atoms with Crippen molar-refractivity contribution in [3.05, 3.63) is 60.2 Å². The van der Waals surface area contributed by atoms with Crippen molar-refractivity contribution >= 4 is 11.6 Å². The van der Waals surface area contributed by atoms with Gasteiger partial charge in [-0.25, -0.2) is 4.39 Å². The predicted molar refractivity (Wildman–Crippen MR) is 102 cm³/mol. The number of nitrogens with one attached hydrogen (secondary N) is 2. The smallest absolute Gasteiger partial charge is 0.247 e. The van der Waals surface area contributed by atoms with Crippen molar-refractivity contribution in [2.75, 3.05) is 38.7 Å². The molecule has 0 spiro atoms. The van der Waals surface area contributed by atoms with Crippen molar-refractivity contribution in [1.82, 2.24) is 15.2 Å². The lowest BCUT2D eigenvalue weighted by atomic mass is 9.96. The Bertz CT molecular complexity index is 759. The lowest BCUT2D eigenvalue weighted by molar-refractivity contribution is -0.125. The summed E-state index contributed by atoms with van der Waals surface area (Å²) < 4.78 is 18.6. The van der Waals surface area contributed by atoms with Gasteiger partial charge in [0.2, 0.25) is 5.91 Å². The van der Waals surface area contributed by atoms with Gasteiger partial charge in [-0.3, -0.25) is 14.7 Å². The zero-order valence-corrected chi connectivity index (χ0v) is 15.5. The van der Waals surface area contributed by atoms with Gasteiger partial charge in [-0.2, -0.15) is 0 Å². The van der Waals surface area contributed by atoms with Crippen LogP contribution < -0.4 is 10.6 Å². The number of halogens is 1. The van der Waals surface area contributed by atoms with Gasteiger partial charge in [-0.1, -0.05) is 12.1 Å². The first-order valence-electron chi connectivity index (χ1n) is 9.03. The van der Waals surface area contributed by atoms with Crippen LogP contribution in [0.4, 0.5) is 10.1 Å². The van der Waals surface area contributed by atoms with Crippen LogP contribution in [-0.4, -0.2) is 54.7 Å². The molecule has 2 heterocycles. The quantitative estimate of drug-likeness (QED) is 0.694. The summed E-state index contributed by atoms with van der Waals surface area (Å²) in [5.74, 6) is -0.433. The van der Waals surface area contributed by atoms with Crippen molar-refractivity contribution in [3.63, 3.8) is 0 Å². The van der Waals surface area contributed by atoms with Crippen molar-refractivity contribution in [3.8, 4) is 0 Å². The normalized spacial score (nSPS) is 19.8. The third kappa shape index (κ3) is 5.02. The number of rotatable bonds is 8. The highest BCUT2D eigenvalue weighted by atomic mass is 19.1. The zero-order valence-electron chi connectivity index (χ0n) is 15.5. The number of anilines is 1. The van der Waals surface area contributed by atoms with Crippen LogP contribution in [0.2, 0.25) is 0 Å². The van der Waals surface area contributed by atoms with Crippen molar-refractivity contribution in [2.24, 2.45) is 0 Å². The van der Waals surface area contributed by atoms with Gasteiger partial charge in [0.05, 0.1) is 6.61 Å². The van der Waals surface area contributed by atoms with E-state index in [1.54, 1.807) is 25.4 Å². The largest absolute Gasteiger partial charge is 0.383 e. The summed E-state index contributed by atoms with van der Waals surface area (Å²) in [6, 6.07) is 10.1. The monoisotopic (exact) mass is 372 g/mol. The van der Waals surface area contributed by atoms with E-state index in [1.807, 2.05) is 18.3 Å². The number of hydrogen-bond donors (Lipinski definition) is 2. The first-order valence-corrected chi connectivity index (χ1v) is 9.03. The van der Waals surface area contributed by atoms with Crippen LogP contribution in [-0.2, 0) is 16.1 Å². The fraction of sp³-hybridized carbons (Fsp3) is 0.400. The average molecular weight is 372 g/mol. The standard InChI is InChI=1S/C20H25FN4O2/c1-27-11-9-23-19(26)20(24-18-6-2-5-17(21)12-18)7-10-25(15-20)14-16-4-3-8-22-13-16/h2-6,8,12-13,24H,7,9-11,14-15H2,1H3,(H,23,26). The molecule has 1 fully saturated rings. The lowest BCUT2D eigenvalue weighted by Gasteiger charge is -2.30. The average Bonchev–Trinajstić information content (AvgIpc) is 3.06. The van der Waals surface area contributed by atoms with Crippen LogP contribution in [0.3, 0.4) is 0 Å². The van der Waals surface area contributed by atoms with Crippen LogP contribution in [0.25, 0.3) is 0 Å². The van der Waals surface area contributed by atoms with Crippen LogP contribution in [0.1, 0.15) is 12.0 Å². The SMILES string of the molecule is COCCNC(=O)C1(Nc2cccc(F)c2)CCN(Cc2cccnc2)C1. The van der Waals surface area contributed by atoms with E-state index < -0.39 is 5.54 Å². The molecular formula is C20H25FN4O2. The molecule has 0 radical (unpaired) electrons. The third-order valence-electron chi connectivity index (χ3n) is 4.71. The molecule has 0 saturated carbocycles. The molecule has 1 unspecified atom stereocenters. The Morgan fingerprint density at radius 1 is 1.37 bits per heavy atom. The first-order chi connectivity index (χ1) is 13.1. The highest BCUT2D eigenvalue weighted by Crippen LogP contribution is 2.28. The maximum Gasteiger partial charge on any atom is 0.247 e. The first kappa shape index (κ1) is 19.3. The second-order valence-electron chi connectivity index (χ2n) is 6.79. The Kier molecular flexibility index (Phi) is 6.36. The second-order valence-corrected chi connectivity index (χ2v) is 6.79. The molecule has 1 aromatic carbocycles. The Labute approximate surface area is 158 Å². The van der Waals surface area contributed by atoms with Crippen molar-refractivity contribution in [1.29, 1.82) is 0 Å². The van der Waals surface area contributed by atoms with Crippen molar-refractivity contribution < 1.29 is 13.9 Å². The molecule has 27 heavy (non-hydrogen) atoms. The minimum Gasteiger partial charge on any atom is -0.383 e. The second kappa shape index (κ2) is 8.92. The molecule has 0 bridgehead atoms. The Balaban J connectivity index is 1.75. The van der Waals surface area contributed by atoms with E-state index in [2.05, 4.69) is 20.5 Å². The summed E-state index contributed by atoms with van der Waals surface area (Å²) in [6.07, 6.45) is 4.20. The highest BCUT2D eigenvalue weighted by molar-refractivity contribution is 5.90. The molecular weight excluding hydrogens is 347 g/mol. The summed E-state index contributed by atoms with van der Waals surface area (Å²) in [5.41, 5.74) is 0.878. The summed E-state index contributed by atoms with van der Waals surface area (Å²) in [4.78, 5) is 19.3. The number of hydrogen-bond acceptors (Lipinski definition) is 5. The topological polar surface area (TPSA) is 66.5 Å². The number of amides is 1. The van der Waals surface area contributed by atoms with E-state index in [-0.39, 0.29) is 11.7 Å². The van der Waals surface area contributed by atoms with E-state index in [1.165, 1.54) is 12.1 Å². The van der Waals surface area contributed by atoms with Gasteiger partial charge in [0.15, 0.2) is 0 Å². The minimum atomic E-state index is -0.816. The van der Waals surface area contributed by atoms with E-state index in [4.69, 9.17) is 4.74 Å². The molecule has 1 atom stereocenters. The summed E-state index contributed by atoms with van der Waals surface area (Å²) in [5, 5.41) is 6.21. The maximum atomic E-state index is 13.6. The number of methoxy groups -OCH3 is 1. The van der Waals surface area contributed by atoms with Gasteiger partial charge < -0.3 is 15.4 Å². The fourth-order valence-electron chi connectivity index (χ4n) is 3.40. The number of pyridine rings is 1. The summed E-state index contributed by atoms with van der Waals surface area (Å²) in [6.45, 7) is 2.88. The molecule has 2 N–H and O–H groups in total. The van der Waals surface area contributed by atoms with E-state index >= 15 is 0 Å². The molecule has 6 nitrogen and oxygen atoms in total. The molecule has 1 saturated heterocycles. The summed E-state index contributed by atoms with van der Waals surface area (Å²) >= 11 is 0. The van der Waals surface area contributed by atoms with E-state index in [9.17, 15) is 9.18 Å². The number of ether oxygens (including phenoxy) is 1. The fourth-order valence-corrected chi connectivity index (χ4v) is 3.40. The molecule has 0 aliphatic carbocycles. The van der Waals surface area contributed by atoms with Gasteiger partial charge >= 0.3 is 0 Å². The number of carbonyl (C=O) groups is 1. The predicted octanol–water partition coefficient (Wildman–Crippen LogP) is 2.04. The minimum absolute atomic E-state index is 0.0995. The van der Waals surface area contributed by atoms with Crippen LogP contribution >= 0.6 is 0 Å². The molecule has 1 amide bonds. The highest BCUT2D eigenvalue weighted by Gasteiger charge is 2.44. The Morgan fingerprint density at radius 2 is 2.26 bits per heavy atom. The maximum absolute atomic E-state index is 13.6. The Morgan fingerprint density at radius 3 is 3.00 bits per heavy atom. The lowest BCUT2D eigenvalue weighted by Crippen LogP contribution is -2.54. The number of aromatic nitrogens is 1. The molecule has 3 rings (SSSR count). The van der Waals surface area contributed by atoms with Gasteiger partial charge in [-0.15, -0.1) is 0 Å². The molecule has 7 heteroatoms. The molecule has 144 valence electrons. The van der Waals surface area contributed by atoms with Crippen LogP contribution in [0.5, 0.6) is 0 Å². The number of nitrogens with zero attached hydrogens (tertiary/aromatic N) is 2. The summed E-state index contributed by atoms with van der Waals surface area (Å²) in [7, 11) is 1.60. The number of carbonyl (C=O) groups excluding carboxylic acids is 1. The van der Waals surface area contributed by atoms with E-state index in [0.29, 0.717) is 38.3 Å².